The van der Waals surface area contributed by atoms with Gasteiger partial charge in [0.2, 0.25) is 0 Å². The van der Waals surface area contributed by atoms with Gasteiger partial charge in [-0.25, -0.2) is 9.78 Å². The molecule has 0 unspecified atom stereocenters. The highest BCUT2D eigenvalue weighted by atomic mass is 32.1. The van der Waals surface area contributed by atoms with Crippen LogP contribution in [0.4, 0.5) is 18.0 Å². The molecule has 0 aromatic carbocycles. The second-order valence-electron chi connectivity index (χ2n) is 5.21. The third-order valence-electron chi connectivity index (χ3n) is 3.56. The van der Waals surface area contributed by atoms with E-state index in [1.165, 1.54) is 4.90 Å². The molecule has 10 heteroatoms. The second kappa shape index (κ2) is 7.16. The highest BCUT2D eigenvalue weighted by molar-refractivity contribution is 7.09. The average molecular weight is 351 g/mol. The number of aliphatic carboxylic acids is 1. The van der Waals surface area contributed by atoms with Crippen molar-refractivity contribution in [1.29, 1.82) is 0 Å². The number of thiazole rings is 1. The van der Waals surface area contributed by atoms with Gasteiger partial charge in [-0.1, -0.05) is 0 Å². The summed E-state index contributed by atoms with van der Waals surface area (Å²) in [6.07, 6.45) is -3.50. The van der Waals surface area contributed by atoms with Crippen LogP contribution in [0.3, 0.4) is 0 Å². The van der Waals surface area contributed by atoms with E-state index in [0.717, 1.165) is 16.7 Å². The van der Waals surface area contributed by atoms with Gasteiger partial charge in [-0.05, 0) is 12.8 Å². The van der Waals surface area contributed by atoms with E-state index in [1.54, 1.807) is 0 Å². The lowest BCUT2D eigenvalue weighted by atomic mass is 9.98. The molecule has 1 aromatic rings. The van der Waals surface area contributed by atoms with Crippen molar-refractivity contribution in [1.82, 2.24) is 15.2 Å². The standard InChI is InChI=1S/C13H16F3N3O3S/c14-13(15,16)9-7-23-11(18-9)8-2-5-19(6-3-8)12(22)17-4-1-10(20)21/h7-8H,1-6H2,(H,17,22)(H,20,21). The van der Waals surface area contributed by atoms with E-state index in [0.29, 0.717) is 30.9 Å². The summed E-state index contributed by atoms with van der Waals surface area (Å²) in [6.45, 7) is 0.866. The number of nitrogens with zero attached hydrogens (tertiary/aromatic N) is 2. The molecular formula is C13H16F3N3O3S. The Labute approximate surface area is 134 Å². The lowest BCUT2D eigenvalue weighted by molar-refractivity contribution is -0.141. The van der Waals surface area contributed by atoms with Crippen molar-refractivity contribution in [2.24, 2.45) is 0 Å². The van der Waals surface area contributed by atoms with Crippen LogP contribution in [0.5, 0.6) is 0 Å². The molecule has 0 spiro atoms. The highest BCUT2D eigenvalue weighted by Crippen LogP contribution is 2.35. The number of aromatic nitrogens is 1. The minimum Gasteiger partial charge on any atom is -0.481 e. The van der Waals surface area contributed by atoms with Crippen molar-refractivity contribution < 1.29 is 27.9 Å². The number of rotatable bonds is 4. The summed E-state index contributed by atoms with van der Waals surface area (Å²) in [5.74, 6) is -1.08. The van der Waals surface area contributed by atoms with Gasteiger partial charge in [0.25, 0.3) is 0 Å². The molecule has 0 bridgehead atoms. The molecule has 23 heavy (non-hydrogen) atoms. The van der Waals surface area contributed by atoms with Crippen molar-refractivity contribution in [3.8, 4) is 0 Å². The van der Waals surface area contributed by atoms with Gasteiger partial charge in [0.15, 0.2) is 5.69 Å². The van der Waals surface area contributed by atoms with E-state index in [2.05, 4.69) is 10.3 Å². The Balaban J connectivity index is 1.83. The maximum Gasteiger partial charge on any atom is 0.434 e. The van der Waals surface area contributed by atoms with E-state index in [4.69, 9.17) is 5.11 Å². The van der Waals surface area contributed by atoms with E-state index in [-0.39, 0.29) is 24.9 Å². The molecule has 2 N–H and O–H groups in total. The number of carbonyl (C=O) groups is 2. The number of halogens is 3. The topological polar surface area (TPSA) is 82.5 Å². The second-order valence-corrected chi connectivity index (χ2v) is 6.10. The lowest BCUT2D eigenvalue weighted by Crippen LogP contribution is -2.44. The van der Waals surface area contributed by atoms with E-state index < -0.39 is 17.8 Å². The van der Waals surface area contributed by atoms with Crippen LogP contribution in [0.1, 0.15) is 35.9 Å². The predicted molar refractivity (Wildman–Crippen MR) is 76.3 cm³/mol. The summed E-state index contributed by atoms with van der Waals surface area (Å²) in [6, 6.07) is -0.347. The van der Waals surface area contributed by atoms with Gasteiger partial charge in [-0.15, -0.1) is 11.3 Å². The largest absolute Gasteiger partial charge is 0.481 e. The van der Waals surface area contributed by atoms with Crippen LogP contribution in [-0.4, -0.2) is 46.6 Å². The Morgan fingerprint density at radius 3 is 2.57 bits per heavy atom. The number of carboxylic acids is 1. The fourth-order valence-corrected chi connectivity index (χ4v) is 3.32. The van der Waals surface area contributed by atoms with Crippen LogP contribution in [0, 0.1) is 0 Å². The zero-order valence-corrected chi connectivity index (χ0v) is 12.9. The van der Waals surface area contributed by atoms with Crippen molar-refractivity contribution in [3.63, 3.8) is 0 Å². The van der Waals surface area contributed by atoms with Crippen molar-refractivity contribution in [2.45, 2.75) is 31.4 Å². The molecule has 0 radical (unpaired) electrons. The molecule has 128 valence electrons. The summed E-state index contributed by atoms with van der Waals surface area (Å²) in [7, 11) is 0. The number of amides is 2. The Bertz CT molecular complexity index is 568. The molecule has 1 aromatic heterocycles. The summed E-state index contributed by atoms with van der Waals surface area (Å²) in [5.41, 5.74) is -0.869. The monoisotopic (exact) mass is 351 g/mol. The van der Waals surface area contributed by atoms with Gasteiger partial charge >= 0.3 is 18.2 Å². The van der Waals surface area contributed by atoms with Crippen LogP contribution in [0.2, 0.25) is 0 Å². The van der Waals surface area contributed by atoms with Gasteiger partial charge < -0.3 is 15.3 Å². The summed E-state index contributed by atoms with van der Waals surface area (Å²) >= 11 is 0.994. The molecule has 1 aliphatic heterocycles. The lowest BCUT2D eigenvalue weighted by Gasteiger charge is -2.31. The smallest absolute Gasteiger partial charge is 0.434 e. The number of alkyl halides is 3. The van der Waals surface area contributed by atoms with E-state index in [9.17, 15) is 22.8 Å². The number of nitrogens with one attached hydrogen (secondary N) is 1. The summed E-state index contributed by atoms with van der Waals surface area (Å²) in [4.78, 5) is 27.4. The van der Waals surface area contributed by atoms with Crippen LogP contribution >= 0.6 is 11.3 Å². The van der Waals surface area contributed by atoms with Gasteiger partial charge in [-0.2, -0.15) is 13.2 Å². The van der Waals surface area contributed by atoms with E-state index >= 15 is 0 Å². The molecule has 0 saturated carbocycles. The number of piperidine rings is 1. The number of hydrogen-bond donors (Lipinski definition) is 2. The normalized spacial score (nSPS) is 16.4. The van der Waals surface area contributed by atoms with Crippen LogP contribution < -0.4 is 5.32 Å². The minimum atomic E-state index is -4.43. The quantitative estimate of drug-likeness (QED) is 0.873. The Morgan fingerprint density at radius 2 is 2.04 bits per heavy atom. The third kappa shape index (κ3) is 4.81. The summed E-state index contributed by atoms with van der Waals surface area (Å²) < 4.78 is 37.7. The zero-order valence-electron chi connectivity index (χ0n) is 12.1. The van der Waals surface area contributed by atoms with Gasteiger partial charge in [0.05, 0.1) is 11.4 Å². The molecular weight excluding hydrogens is 335 g/mol. The Morgan fingerprint density at radius 1 is 1.39 bits per heavy atom. The number of hydrogen-bond acceptors (Lipinski definition) is 4. The van der Waals surface area contributed by atoms with Crippen molar-refractivity contribution in [2.75, 3.05) is 19.6 Å². The molecule has 2 rings (SSSR count). The first-order chi connectivity index (χ1) is 10.8. The Kier molecular flexibility index (Phi) is 5.45. The third-order valence-corrected chi connectivity index (χ3v) is 4.57. The molecule has 6 nitrogen and oxygen atoms in total. The van der Waals surface area contributed by atoms with Crippen molar-refractivity contribution >= 4 is 23.3 Å². The molecule has 2 heterocycles. The first-order valence-electron chi connectivity index (χ1n) is 7.04. The molecule has 1 aliphatic rings. The van der Waals surface area contributed by atoms with E-state index in [1.807, 2.05) is 0 Å². The number of carboxylic acid groups (broad SMARTS) is 1. The maximum atomic E-state index is 12.6. The van der Waals surface area contributed by atoms with Gasteiger partial charge in [0, 0.05) is 30.9 Å². The zero-order chi connectivity index (χ0) is 17.0. The van der Waals surface area contributed by atoms with Crippen LogP contribution in [-0.2, 0) is 11.0 Å². The minimum absolute atomic E-state index is 0.0511. The fourth-order valence-electron chi connectivity index (χ4n) is 2.32. The van der Waals surface area contributed by atoms with Crippen LogP contribution in [0.15, 0.2) is 5.38 Å². The predicted octanol–water partition coefficient (Wildman–Crippen LogP) is 2.53. The summed E-state index contributed by atoms with van der Waals surface area (Å²) in [5, 5.41) is 12.5. The molecule has 0 aliphatic carbocycles. The molecule has 2 amide bonds. The number of urea groups is 1. The number of carbonyl (C=O) groups excluding carboxylic acids is 1. The maximum absolute atomic E-state index is 12.6. The van der Waals surface area contributed by atoms with Crippen LogP contribution in [0.25, 0.3) is 0 Å². The first kappa shape index (κ1) is 17.5. The SMILES string of the molecule is O=C(O)CCNC(=O)N1CCC(c2nc(C(F)(F)F)cs2)CC1. The first-order valence-corrected chi connectivity index (χ1v) is 7.92. The molecule has 0 atom stereocenters. The van der Waals surface area contributed by atoms with Crippen molar-refractivity contribution in [3.05, 3.63) is 16.1 Å². The average Bonchev–Trinajstić information content (AvgIpc) is 2.97. The highest BCUT2D eigenvalue weighted by Gasteiger charge is 2.35. The van der Waals surface area contributed by atoms with Gasteiger partial charge in [0.1, 0.15) is 0 Å². The Hall–Kier alpha value is -1.84. The number of likely N-dealkylation sites (tertiary alicyclic amines) is 1. The fraction of sp³-hybridized carbons (Fsp3) is 0.615. The molecule has 1 fully saturated rings. The van der Waals surface area contributed by atoms with Gasteiger partial charge in [-0.3, -0.25) is 4.79 Å². The molecule has 1 saturated heterocycles.